The van der Waals surface area contributed by atoms with E-state index in [4.69, 9.17) is 0 Å². The van der Waals surface area contributed by atoms with Crippen molar-refractivity contribution in [2.75, 3.05) is 39.8 Å². The Labute approximate surface area is 147 Å². The zero-order valence-corrected chi connectivity index (χ0v) is 15.4. The number of hydrogen-bond donors (Lipinski definition) is 1. The first-order valence-electron chi connectivity index (χ1n) is 7.91. The van der Waals surface area contributed by atoms with E-state index in [9.17, 15) is 18.0 Å². The van der Waals surface area contributed by atoms with Crippen LogP contribution in [0.1, 0.15) is 11.1 Å². The van der Waals surface area contributed by atoms with E-state index in [-0.39, 0.29) is 6.54 Å². The number of alkyl carbamates (subject to hydrolysis) is 1. The van der Waals surface area contributed by atoms with Gasteiger partial charge in [-0.1, -0.05) is 12.1 Å². The standard InChI is InChI=1S/C16H23N3O5S/c1-12-4-5-13(2)14(10-12)25(22,23)19-8-6-18(7-9-19)11-15(20)17-16(21)24-3/h4-5,10H,6-9,11H2,1-3H3,(H,17,20,21). The van der Waals surface area contributed by atoms with Gasteiger partial charge in [-0.3, -0.25) is 15.0 Å². The zero-order valence-electron chi connectivity index (χ0n) is 14.6. The number of nitrogens with one attached hydrogen (secondary N) is 1. The number of piperazine rings is 1. The van der Waals surface area contributed by atoms with Gasteiger partial charge in [-0.15, -0.1) is 0 Å². The third kappa shape index (κ3) is 4.77. The minimum atomic E-state index is -3.56. The van der Waals surface area contributed by atoms with E-state index < -0.39 is 22.0 Å². The lowest BCUT2D eigenvalue weighted by atomic mass is 10.2. The highest BCUT2D eigenvalue weighted by Gasteiger charge is 2.30. The summed E-state index contributed by atoms with van der Waals surface area (Å²) in [5.41, 5.74) is 1.60. The van der Waals surface area contributed by atoms with Crippen molar-refractivity contribution in [2.24, 2.45) is 0 Å². The van der Waals surface area contributed by atoms with Gasteiger partial charge in [0.1, 0.15) is 0 Å². The topological polar surface area (TPSA) is 96.0 Å². The van der Waals surface area contributed by atoms with Crippen molar-refractivity contribution >= 4 is 22.0 Å². The van der Waals surface area contributed by atoms with Gasteiger partial charge in [0.05, 0.1) is 18.6 Å². The first-order valence-corrected chi connectivity index (χ1v) is 9.35. The number of imide groups is 1. The second kappa shape index (κ2) is 7.94. The van der Waals surface area contributed by atoms with Crippen LogP contribution in [-0.2, 0) is 19.6 Å². The highest BCUT2D eigenvalue weighted by atomic mass is 32.2. The number of rotatable bonds is 4. The molecule has 1 heterocycles. The summed E-state index contributed by atoms with van der Waals surface area (Å²) >= 11 is 0. The van der Waals surface area contributed by atoms with Crippen LogP contribution in [0.3, 0.4) is 0 Å². The number of aryl methyl sites for hydroxylation is 2. The lowest BCUT2D eigenvalue weighted by molar-refractivity contribution is -0.121. The molecule has 2 amide bonds. The highest BCUT2D eigenvalue weighted by Crippen LogP contribution is 2.22. The molecule has 1 N–H and O–H groups in total. The molecule has 1 fully saturated rings. The number of ether oxygens (including phenoxy) is 1. The molecule has 0 unspecified atom stereocenters. The lowest BCUT2D eigenvalue weighted by Crippen LogP contribution is -2.51. The molecular formula is C16H23N3O5S. The fraction of sp³-hybridized carbons (Fsp3) is 0.500. The Balaban J connectivity index is 1.98. The minimum absolute atomic E-state index is 0.0203. The summed E-state index contributed by atoms with van der Waals surface area (Å²) in [6.45, 7) is 5.07. The number of benzene rings is 1. The van der Waals surface area contributed by atoms with E-state index in [1.165, 1.54) is 11.4 Å². The lowest BCUT2D eigenvalue weighted by Gasteiger charge is -2.33. The van der Waals surface area contributed by atoms with Crippen LogP contribution in [0.25, 0.3) is 0 Å². The molecule has 0 aliphatic carbocycles. The van der Waals surface area contributed by atoms with E-state index in [1.807, 2.05) is 13.0 Å². The van der Waals surface area contributed by atoms with Crippen LogP contribution < -0.4 is 5.32 Å². The second-order valence-electron chi connectivity index (χ2n) is 5.99. The molecule has 0 radical (unpaired) electrons. The van der Waals surface area contributed by atoms with Gasteiger partial charge >= 0.3 is 6.09 Å². The Morgan fingerprint density at radius 3 is 2.40 bits per heavy atom. The largest absolute Gasteiger partial charge is 0.453 e. The number of nitrogens with zero attached hydrogens (tertiary/aromatic N) is 2. The predicted molar refractivity (Wildman–Crippen MR) is 91.7 cm³/mol. The van der Waals surface area contributed by atoms with Crippen LogP contribution in [0.5, 0.6) is 0 Å². The molecule has 0 aromatic heterocycles. The molecule has 1 aliphatic rings. The maximum atomic E-state index is 12.8. The van der Waals surface area contributed by atoms with Crippen molar-refractivity contribution in [1.29, 1.82) is 0 Å². The second-order valence-corrected chi connectivity index (χ2v) is 7.90. The summed E-state index contributed by atoms with van der Waals surface area (Å²) in [4.78, 5) is 24.8. The molecule has 25 heavy (non-hydrogen) atoms. The summed E-state index contributed by atoms with van der Waals surface area (Å²) < 4.78 is 31.5. The average molecular weight is 369 g/mol. The van der Waals surface area contributed by atoms with Crippen LogP contribution in [0.2, 0.25) is 0 Å². The summed E-state index contributed by atoms with van der Waals surface area (Å²) in [7, 11) is -2.38. The molecule has 0 atom stereocenters. The maximum absolute atomic E-state index is 12.8. The summed E-state index contributed by atoms with van der Waals surface area (Å²) in [6, 6.07) is 5.36. The number of carbonyl (C=O) groups is 2. The van der Waals surface area contributed by atoms with Crippen molar-refractivity contribution in [3.8, 4) is 0 Å². The average Bonchev–Trinajstić information content (AvgIpc) is 2.57. The van der Waals surface area contributed by atoms with Gasteiger partial charge < -0.3 is 4.74 Å². The van der Waals surface area contributed by atoms with Gasteiger partial charge in [0.2, 0.25) is 15.9 Å². The van der Waals surface area contributed by atoms with Gasteiger partial charge in [-0.05, 0) is 31.0 Å². The molecule has 1 aliphatic heterocycles. The summed E-state index contributed by atoms with van der Waals surface area (Å²) in [5, 5.41) is 2.08. The van der Waals surface area contributed by atoms with Gasteiger partial charge in [0.25, 0.3) is 0 Å². The van der Waals surface area contributed by atoms with Gasteiger partial charge in [0, 0.05) is 26.2 Å². The third-order valence-corrected chi connectivity index (χ3v) is 6.13. The smallest absolute Gasteiger partial charge is 0.413 e. The summed E-state index contributed by atoms with van der Waals surface area (Å²) in [6.07, 6.45) is -0.805. The molecule has 9 heteroatoms. The Bertz CT molecular complexity index is 755. The first-order chi connectivity index (χ1) is 11.7. The number of sulfonamides is 1. The van der Waals surface area contributed by atoms with E-state index in [0.29, 0.717) is 36.6 Å². The number of hydrogen-bond acceptors (Lipinski definition) is 6. The molecule has 1 aromatic carbocycles. The number of amides is 2. The molecule has 138 valence electrons. The molecule has 1 aromatic rings. The van der Waals surface area contributed by atoms with Crippen molar-refractivity contribution < 1.29 is 22.7 Å². The Morgan fingerprint density at radius 1 is 1.16 bits per heavy atom. The fourth-order valence-corrected chi connectivity index (χ4v) is 4.39. The van der Waals surface area contributed by atoms with Crippen molar-refractivity contribution in [2.45, 2.75) is 18.7 Å². The van der Waals surface area contributed by atoms with E-state index in [0.717, 1.165) is 5.56 Å². The van der Waals surface area contributed by atoms with Crippen molar-refractivity contribution in [3.05, 3.63) is 29.3 Å². The van der Waals surface area contributed by atoms with E-state index in [1.54, 1.807) is 24.0 Å². The number of methoxy groups -OCH3 is 1. The van der Waals surface area contributed by atoms with Crippen LogP contribution in [0, 0.1) is 13.8 Å². The first kappa shape index (κ1) is 19.4. The van der Waals surface area contributed by atoms with Crippen LogP contribution in [0.4, 0.5) is 4.79 Å². The number of carbonyl (C=O) groups excluding carboxylic acids is 2. The molecule has 8 nitrogen and oxygen atoms in total. The van der Waals surface area contributed by atoms with Gasteiger partial charge in [-0.25, -0.2) is 13.2 Å². The Morgan fingerprint density at radius 2 is 1.80 bits per heavy atom. The molecule has 0 saturated carbocycles. The van der Waals surface area contributed by atoms with E-state index in [2.05, 4.69) is 10.1 Å². The Hall–Kier alpha value is -1.97. The van der Waals surface area contributed by atoms with Crippen LogP contribution in [0.15, 0.2) is 23.1 Å². The Kier molecular flexibility index (Phi) is 6.15. The molecule has 1 saturated heterocycles. The zero-order chi connectivity index (χ0) is 18.6. The monoisotopic (exact) mass is 369 g/mol. The molecule has 2 rings (SSSR count). The van der Waals surface area contributed by atoms with Gasteiger partial charge in [-0.2, -0.15) is 4.31 Å². The molecule has 0 bridgehead atoms. The van der Waals surface area contributed by atoms with Gasteiger partial charge in [0.15, 0.2) is 0 Å². The minimum Gasteiger partial charge on any atom is -0.453 e. The van der Waals surface area contributed by atoms with E-state index >= 15 is 0 Å². The molecule has 0 spiro atoms. The summed E-state index contributed by atoms with van der Waals surface area (Å²) in [5.74, 6) is -0.474. The SMILES string of the molecule is COC(=O)NC(=O)CN1CCN(S(=O)(=O)c2cc(C)ccc2C)CC1. The predicted octanol–water partition coefficient (Wildman–Crippen LogP) is 0.492. The van der Waals surface area contributed by atoms with Crippen molar-refractivity contribution in [1.82, 2.24) is 14.5 Å². The van der Waals surface area contributed by atoms with Crippen molar-refractivity contribution in [3.63, 3.8) is 0 Å². The van der Waals surface area contributed by atoms with Crippen LogP contribution in [-0.4, -0.2) is 69.5 Å². The third-order valence-electron chi connectivity index (χ3n) is 4.09. The normalized spacial score (nSPS) is 16.4. The highest BCUT2D eigenvalue weighted by molar-refractivity contribution is 7.89. The fourth-order valence-electron chi connectivity index (χ4n) is 2.66. The quantitative estimate of drug-likeness (QED) is 0.830. The molecular weight excluding hydrogens is 346 g/mol. The maximum Gasteiger partial charge on any atom is 0.413 e. The van der Waals surface area contributed by atoms with Crippen LogP contribution >= 0.6 is 0 Å².